The highest BCUT2D eigenvalue weighted by Crippen LogP contribution is 2.65. The second-order valence-corrected chi connectivity index (χ2v) is 5.94. The number of aliphatic hydroxyl groups is 1. The van der Waals surface area contributed by atoms with E-state index < -0.39 is 11.4 Å². The smallest absolute Gasteiger partial charge is 0.174 e. The molecular weight excluding hydrogens is 204 g/mol. The summed E-state index contributed by atoms with van der Waals surface area (Å²) < 4.78 is 11.7. The van der Waals surface area contributed by atoms with E-state index in [1.54, 1.807) is 0 Å². The Morgan fingerprint density at radius 3 is 2.50 bits per heavy atom. The molecule has 3 rings (SSSR count). The molecule has 0 amide bonds. The molecule has 0 spiro atoms. The SMILES string of the molecule is C[C@@H]1CC[C@]2(C3(C)OCCO3)CCC[C@]12O. The number of hydrogen-bond acceptors (Lipinski definition) is 3. The lowest BCUT2D eigenvalue weighted by Gasteiger charge is -2.48. The largest absolute Gasteiger partial charge is 0.389 e. The molecule has 2 aliphatic carbocycles. The van der Waals surface area contributed by atoms with Gasteiger partial charge in [0.05, 0.1) is 24.2 Å². The highest BCUT2D eigenvalue weighted by molar-refractivity contribution is 5.16. The highest BCUT2D eigenvalue weighted by atomic mass is 16.7. The maximum Gasteiger partial charge on any atom is 0.174 e. The van der Waals surface area contributed by atoms with Crippen molar-refractivity contribution in [2.45, 2.75) is 57.3 Å². The Morgan fingerprint density at radius 2 is 1.81 bits per heavy atom. The van der Waals surface area contributed by atoms with Gasteiger partial charge in [0, 0.05) is 0 Å². The maximum atomic E-state index is 11.0. The number of rotatable bonds is 1. The molecule has 3 heteroatoms. The predicted molar refractivity (Wildman–Crippen MR) is 59.9 cm³/mol. The summed E-state index contributed by atoms with van der Waals surface area (Å²) in [6.07, 6.45) is 5.20. The summed E-state index contributed by atoms with van der Waals surface area (Å²) in [4.78, 5) is 0. The average molecular weight is 226 g/mol. The van der Waals surface area contributed by atoms with Gasteiger partial charge in [0.25, 0.3) is 0 Å². The Hall–Kier alpha value is -0.120. The third kappa shape index (κ3) is 1.05. The van der Waals surface area contributed by atoms with Crippen LogP contribution in [0, 0.1) is 11.3 Å². The molecule has 0 aromatic carbocycles. The number of fused-ring (bicyclic) bond motifs is 1. The maximum absolute atomic E-state index is 11.0. The fourth-order valence-corrected chi connectivity index (χ4v) is 4.51. The minimum absolute atomic E-state index is 0.157. The van der Waals surface area contributed by atoms with E-state index in [0.717, 1.165) is 32.1 Å². The van der Waals surface area contributed by atoms with Gasteiger partial charge in [-0.2, -0.15) is 0 Å². The van der Waals surface area contributed by atoms with Crippen LogP contribution >= 0.6 is 0 Å². The second-order valence-electron chi connectivity index (χ2n) is 5.94. The summed E-state index contributed by atoms with van der Waals surface area (Å²) in [7, 11) is 0. The summed E-state index contributed by atoms with van der Waals surface area (Å²) in [6.45, 7) is 5.55. The molecule has 3 aliphatic rings. The van der Waals surface area contributed by atoms with Crippen molar-refractivity contribution in [2.75, 3.05) is 13.2 Å². The lowest BCUT2D eigenvalue weighted by Crippen LogP contribution is -2.57. The molecule has 2 saturated carbocycles. The van der Waals surface area contributed by atoms with Gasteiger partial charge in [-0.25, -0.2) is 0 Å². The number of hydrogen-bond donors (Lipinski definition) is 1. The Balaban J connectivity index is 2.03. The molecule has 92 valence electrons. The molecule has 1 aliphatic heterocycles. The third-order valence-electron chi connectivity index (χ3n) is 5.52. The average Bonchev–Trinajstić information content (AvgIpc) is 2.86. The highest BCUT2D eigenvalue weighted by Gasteiger charge is 2.69. The van der Waals surface area contributed by atoms with Crippen LogP contribution in [0.15, 0.2) is 0 Å². The van der Waals surface area contributed by atoms with Gasteiger partial charge >= 0.3 is 0 Å². The second kappa shape index (κ2) is 3.21. The minimum Gasteiger partial charge on any atom is -0.389 e. The molecule has 0 radical (unpaired) electrons. The van der Waals surface area contributed by atoms with E-state index in [2.05, 4.69) is 6.92 Å². The summed E-state index contributed by atoms with van der Waals surface area (Å²) >= 11 is 0. The summed E-state index contributed by atoms with van der Waals surface area (Å²) in [5.41, 5.74) is -0.720. The zero-order chi connectivity index (χ0) is 11.4. The van der Waals surface area contributed by atoms with Gasteiger partial charge in [-0.15, -0.1) is 0 Å². The number of ether oxygens (including phenoxy) is 2. The van der Waals surface area contributed by atoms with E-state index in [1.165, 1.54) is 0 Å². The first-order valence-corrected chi connectivity index (χ1v) is 6.54. The van der Waals surface area contributed by atoms with Crippen LogP contribution in [-0.4, -0.2) is 29.7 Å². The van der Waals surface area contributed by atoms with Crippen LogP contribution in [0.2, 0.25) is 0 Å². The quantitative estimate of drug-likeness (QED) is 0.744. The predicted octanol–water partition coefficient (Wildman–Crippen LogP) is 2.08. The van der Waals surface area contributed by atoms with E-state index >= 15 is 0 Å². The van der Waals surface area contributed by atoms with Gasteiger partial charge in [0.15, 0.2) is 5.79 Å². The van der Waals surface area contributed by atoms with E-state index in [0.29, 0.717) is 19.1 Å². The van der Waals surface area contributed by atoms with Crippen LogP contribution in [0.5, 0.6) is 0 Å². The van der Waals surface area contributed by atoms with Crippen molar-refractivity contribution in [1.29, 1.82) is 0 Å². The first kappa shape index (κ1) is 11.0. The van der Waals surface area contributed by atoms with Crippen molar-refractivity contribution in [3.63, 3.8) is 0 Å². The van der Waals surface area contributed by atoms with E-state index in [-0.39, 0.29) is 5.41 Å². The molecule has 16 heavy (non-hydrogen) atoms. The zero-order valence-electron chi connectivity index (χ0n) is 10.3. The van der Waals surface area contributed by atoms with Gasteiger partial charge in [-0.3, -0.25) is 0 Å². The zero-order valence-corrected chi connectivity index (χ0v) is 10.3. The normalized spacial score (nSPS) is 50.8. The van der Waals surface area contributed by atoms with E-state index in [1.807, 2.05) is 6.92 Å². The lowest BCUT2D eigenvalue weighted by atomic mass is 9.69. The molecule has 1 saturated heterocycles. The van der Waals surface area contributed by atoms with Crippen LogP contribution in [0.1, 0.15) is 46.0 Å². The van der Waals surface area contributed by atoms with Crippen LogP contribution in [0.3, 0.4) is 0 Å². The first-order chi connectivity index (χ1) is 7.54. The van der Waals surface area contributed by atoms with Crippen LogP contribution in [-0.2, 0) is 9.47 Å². The molecule has 1 N–H and O–H groups in total. The summed E-state index contributed by atoms with van der Waals surface area (Å²) in [5.74, 6) is -0.178. The standard InChI is InChI=1S/C13H22O3/c1-10-4-7-12(5-3-6-13(10,12)14)11(2)15-8-9-16-11/h10,14H,3-9H2,1-2H3/t10-,12+,13+/m1/s1. The molecule has 0 aromatic rings. The van der Waals surface area contributed by atoms with Crippen molar-refractivity contribution in [3.8, 4) is 0 Å². The molecule has 3 atom stereocenters. The first-order valence-electron chi connectivity index (χ1n) is 6.54. The van der Waals surface area contributed by atoms with Crippen molar-refractivity contribution >= 4 is 0 Å². The van der Waals surface area contributed by atoms with Crippen molar-refractivity contribution < 1.29 is 14.6 Å². The Labute approximate surface area is 97.1 Å². The topological polar surface area (TPSA) is 38.7 Å². The van der Waals surface area contributed by atoms with E-state index in [4.69, 9.17) is 9.47 Å². The van der Waals surface area contributed by atoms with Crippen molar-refractivity contribution in [2.24, 2.45) is 11.3 Å². The van der Waals surface area contributed by atoms with Crippen LogP contribution in [0.25, 0.3) is 0 Å². The summed E-state index contributed by atoms with van der Waals surface area (Å²) in [6, 6.07) is 0. The fraction of sp³-hybridized carbons (Fsp3) is 1.00. The molecule has 0 unspecified atom stereocenters. The van der Waals surface area contributed by atoms with Gasteiger partial charge < -0.3 is 14.6 Å². The summed E-state index contributed by atoms with van der Waals surface area (Å²) in [5, 5.41) is 11.0. The monoisotopic (exact) mass is 226 g/mol. The minimum atomic E-state index is -0.563. The molecule has 0 aromatic heterocycles. The lowest BCUT2D eigenvalue weighted by molar-refractivity contribution is -0.267. The van der Waals surface area contributed by atoms with Gasteiger partial charge in [-0.05, 0) is 44.9 Å². The Kier molecular flexibility index (Phi) is 2.21. The van der Waals surface area contributed by atoms with Crippen LogP contribution < -0.4 is 0 Å². The molecule has 3 nitrogen and oxygen atoms in total. The molecule has 3 fully saturated rings. The van der Waals surface area contributed by atoms with Gasteiger partial charge in [0.1, 0.15) is 0 Å². The molecule has 1 heterocycles. The van der Waals surface area contributed by atoms with Crippen LogP contribution in [0.4, 0.5) is 0 Å². The molecule has 0 bridgehead atoms. The molecular formula is C13H22O3. The van der Waals surface area contributed by atoms with E-state index in [9.17, 15) is 5.11 Å². The Morgan fingerprint density at radius 1 is 1.12 bits per heavy atom. The Bertz CT molecular complexity index is 298. The van der Waals surface area contributed by atoms with Crippen molar-refractivity contribution in [1.82, 2.24) is 0 Å². The third-order valence-corrected chi connectivity index (χ3v) is 5.52. The fourth-order valence-electron chi connectivity index (χ4n) is 4.51. The van der Waals surface area contributed by atoms with Crippen molar-refractivity contribution in [3.05, 3.63) is 0 Å². The van der Waals surface area contributed by atoms with Gasteiger partial charge in [0.2, 0.25) is 0 Å². The van der Waals surface area contributed by atoms with Gasteiger partial charge in [-0.1, -0.05) is 6.92 Å².